The summed E-state index contributed by atoms with van der Waals surface area (Å²) >= 11 is 0. The van der Waals surface area contributed by atoms with Crippen LogP contribution in [-0.4, -0.2) is 105 Å². The maximum atomic E-state index is 14.8. The normalized spacial score (nSPS) is 27.1. The lowest BCUT2D eigenvalue weighted by molar-refractivity contribution is -0.159. The third kappa shape index (κ3) is 12.6. The molecule has 17 heteroatoms. The Balaban J connectivity index is 0.00000429. The molecule has 9 N–H and O–H groups in total. The summed E-state index contributed by atoms with van der Waals surface area (Å²) in [6, 6.07) is 9.91. The van der Waals surface area contributed by atoms with Crippen molar-refractivity contribution in [2.24, 2.45) is 51.2 Å². The number of piperidine rings is 1. The van der Waals surface area contributed by atoms with Crippen molar-refractivity contribution in [2.75, 3.05) is 38.6 Å². The van der Waals surface area contributed by atoms with E-state index in [0.29, 0.717) is 68.8 Å². The number of allylic oxidation sites excluding steroid dienone is 5. The Morgan fingerprint density at radius 2 is 1.68 bits per heavy atom. The van der Waals surface area contributed by atoms with Crippen molar-refractivity contribution >= 4 is 34.1 Å². The molecule has 1 spiro atoms. The Morgan fingerprint density at radius 3 is 2.36 bits per heavy atom. The molecule has 0 aliphatic carbocycles. The number of anilines is 1. The molecule has 8 rings (SSSR count). The van der Waals surface area contributed by atoms with Crippen molar-refractivity contribution in [1.82, 2.24) is 9.91 Å². The molecule has 0 saturated carbocycles. The summed E-state index contributed by atoms with van der Waals surface area (Å²) in [5.41, 5.74) is 7.51. The number of hydrogen-bond acceptors (Lipinski definition) is 16. The lowest BCUT2D eigenvalue weighted by Gasteiger charge is -2.36. The first-order valence-corrected chi connectivity index (χ1v) is 25.4. The van der Waals surface area contributed by atoms with Gasteiger partial charge in [-0.05, 0) is 74.8 Å². The minimum absolute atomic E-state index is 0.0169. The van der Waals surface area contributed by atoms with Crippen LogP contribution in [0.25, 0.3) is 10.8 Å². The van der Waals surface area contributed by atoms with Gasteiger partial charge in [0.25, 0.3) is 11.7 Å². The molecule has 3 aromatic rings. The predicted octanol–water partition coefficient (Wildman–Crippen LogP) is 6.35. The van der Waals surface area contributed by atoms with Gasteiger partial charge in [0.1, 0.15) is 35.2 Å². The number of aliphatic hydroxyl groups excluding tert-OH is 2. The Labute approximate surface area is 429 Å². The first kappa shape index (κ1) is 56.0. The van der Waals surface area contributed by atoms with E-state index in [-0.39, 0.29) is 74.1 Å². The summed E-state index contributed by atoms with van der Waals surface area (Å²) in [5.74, 6) is 1.22. The molecule has 1 saturated heterocycles. The maximum Gasteiger partial charge on any atom is 0.327 e. The number of likely N-dealkylation sites (tertiary alicyclic amines) is 1. The third-order valence-electron chi connectivity index (χ3n) is 14.4. The van der Waals surface area contributed by atoms with Crippen LogP contribution in [0.3, 0.4) is 0 Å². The van der Waals surface area contributed by atoms with Crippen LogP contribution < -0.4 is 32.3 Å². The number of nitrogens with zero attached hydrogens (tertiary/aromatic N) is 4. The van der Waals surface area contributed by atoms with Gasteiger partial charge in [-0.15, -0.1) is 0 Å². The van der Waals surface area contributed by atoms with E-state index in [4.69, 9.17) is 40.9 Å². The number of nitrogens with two attached hydrogens (primary N) is 2. The van der Waals surface area contributed by atoms with Crippen molar-refractivity contribution in [1.29, 1.82) is 0 Å². The molecule has 0 radical (unpaired) electrons. The number of amides is 1. The lowest BCUT2D eigenvalue weighted by Crippen LogP contribution is -2.43. The van der Waals surface area contributed by atoms with Crippen LogP contribution in [0.5, 0.6) is 17.2 Å². The number of carbonyl (C=O) groups excluding carboxylic acids is 3. The third-order valence-corrected chi connectivity index (χ3v) is 14.4. The Bertz CT molecular complexity index is 2770. The number of Topliss-reactive ketones (excluding diaryl/α,β-unsaturated/α-hetero) is 1. The second-order valence-corrected chi connectivity index (χ2v) is 20.9. The van der Waals surface area contributed by atoms with Crippen LogP contribution in [0.2, 0.25) is 0 Å². The van der Waals surface area contributed by atoms with Gasteiger partial charge in [-0.3, -0.25) is 24.4 Å². The zero-order chi connectivity index (χ0) is 53.5. The lowest BCUT2D eigenvalue weighted by atomic mass is 9.80. The molecule has 7 atom stereocenters. The fourth-order valence-corrected chi connectivity index (χ4v) is 10.4. The molecule has 396 valence electrons. The number of hydrogen-bond donors (Lipinski definition) is 7. The molecule has 17 nitrogen and oxygen atoms in total. The van der Waals surface area contributed by atoms with Gasteiger partial charge in [0.15, 0.2) is 11.4 Å². The number of aromatic hydroxyl groups is 2. The zero-order valence-corrected chi connectivity index (χ0v) is 44.1. The number of aryl methyl sites for hydroxylation is 1. The van der Waals surface area contributed by atoms with E-state index in [1.807, 2.05) is 64.1 Å². The van der Waals surface area contributed by atoms with E-state index in [9.17, 15) is 29.7 Å². The fourth-order valence-electron chi connectivity index (χ4n) is 10.4. The molecule has 5 heterocycles. The number of fused-ring (bicyclic) bond motifs is 13. The smallest absolute Gasteiger partial charge is 0.327 e. The van der Waals surface area contributed by atoms with Gasteiger partial charge >= 0.3 is 11.8 Å². The number of aliphatic hydroxyl groups is 2. The number of benzene rings is 3. The molecule has 1 amide bonds. The highest BCUT2D eigenvalue weighted by Gasteiger charge is 2.50. The number of carbonyl (C=O) groups is 3. The Morgan fingerprint density at radius 1 is 1.01 bits per heavy atom. The average Bonchev–Trinajstić information content (AvgIpc) is 3.85. The number of ketones is 1. The molecule has 0 aromatic heterocycles. The molecular formula is C56H77N7O10. The molecular weight excluding hydrogens is 931 g/mol. The molecule has 1 fully saturated rings. The topological polar surface area (TPSA) is 255 Å². The summed E-state index contributed by atoms with van der Waals surface area (Å²) in [6.07, 6.45) is 11.6. The summed E-state index contributed by atoms with van der Waals surface area (Å²) < 4.78 is 18.7. The van der Waals surface area contributed by atoms with E-state index in [0.717, 1.165) is 19.2 Å². The van der Waals surface area contributed by atoms with Gasteiger partial charge in [-0.25, -0.2) is 5.84 Å². The quantitative estimate of drug-likeness (QED) is 0.0534. The number of esters is 1. The van der Waals surface area contributed by atoms with E-state index >= 15 is 0 Å². The predicted molar refractivity (Wildman–Crippen MR) is 281 cm³/mol. The van der Waals surface area contributed by atoms with E-state index < -0.39 is 53.0 Å². The van der Waals surface area contributed by atoms with Crippen molar-refractivity contribution < 1.29 is 49.0 Å². The van der Waals surface area contributed by atoms with Gasteiger partial charge in [-0.2, -0.15) is 0 Å². The van der Waals surface area contributed by atoms with Crippen molar-refractivity contribution in [2.45, 2.75) is 124 Å². The second kappa shape index (κ2) is 23.7. The monoisotopic (exact) mass is 1010 g/mol. The molecule has 3 aromatic carbocycles. The van der Waals surface area contributed by atoms with Crippen LogP contribution >= 0.6 is 0 Å². The van der Waals surface area contributed by atoms with Crippen LogP contribution in [0.15, 0.2) is 88.4 Å². The standard InChI is InChI=1S/C55H73N7O9.CH4O/c1-31(2)28-61-24-22-55(23-25-61)59-44-41-42-48(65)37(8)51-43(41)52(67)54(9,71-51)69-26-14-17-33(4)50(70-40(63)30-62(57)29-39(56)21-20-38-18-11-10-12-19-38)36(7)47(64)35(6)27-32(3)15-13-16-34(5)53(68)58-46(49(42)66)45(44)60-55;1-2/h10-16,18-19,26,29,31-33,35-36,47,50,64-66H,17,20-25,27-28,30,56-57H2,1-9H3,(H,58,68);2H,1H3/b15-13+,26-14+,34-16-,39-29-;/t32?,33-,35-,36-,47?,50?,54?;/m1./s1. The van der Waals surface area contributed by atoms with E-state index in [1.54, 1.807) is 32.1 Å². The zero-order valence-electron chi connectivity index (χ0n) is 44.1. The van der Waals surface area contributed by atoms with Gasteiger partial charge < -0.3 is 55.6 Å². The number of hydrazine groups is 1. The first-order valence-electron chi connectivity index (χ1n) is 25.4. The summed E-state index contributed by atoms with van der Waals surface area (Å²) in [7, 11) is 1.00. The molecule has 5 bridgehead atoms. The van der Waals surface area contributed by atoms with E-state index in [1.165, 1.54) is 24.4 Å². The summed E-state index contributed by atoms with van der Waals surface area (Å²) in [5, 5.41) is 47.6. The largest absolute Gasteiger partial charge is 0.507 e. The van der Waals surface area contributed by atoms with Gasteiger partial charge in [-0.1, -0.05) is 90.1 Å². The summed E-state index contributed by atoms with van der Waals surface area (Å²) in [6.45, 7) is 18.8. The molecule has 73 heavy (non-hydrogen) atoms. The van der Waals surface area contributed by atoms with E-state index in [2.05, 4.69) is 24.1 Å². The highest BCUT2D eigenvalue weighted by molar-refractivity contribution is 6.19. The van der Waals surface area contributed by atoms with Gasteiger partial charge in [0, 0.05) is 80.8 Å². The Kier molecular flexibility index (Phi) is 18.2. The van der Waals surface area contributed by atoms with Gasteiger partial charge in [0.05, 0.1) is 28.7 Å². The number of nitrogens with one attached hydrogen (secondary N) is 1. The van der Waals surface area contributed by atoms with Crippen molar-refractivity contribution in [3.63, 3.8) is 0 Å². The summed E-state index contributed by atoms with van der Waals surface area (Å²) in [4.78, 5) is 55.2. The average molecular weight is 1010 g/mol. The van der Waals surface area contributed by atoms with Crippen molar-refractivity contribution in [3.8, 4) is 17.2 Å². The molecule has 4 unspecified atom stereocenters. The van der Waals surface area contributed by atoms with Crippen molar-refractivity contribution in [3.05, 3.63) is 106 Å². The van der Waals surface area contributed by atoms with Crippen LogP contribution in [0.1, 0.15) is 109 Å². The Hall–Kier alpha value is -6.27. The molecule has 5 aliphatic heterocycles. The maximum absolute atomic E-state index is 14.8. The highest BCUT2D eigenvalue weighted by atomic mass is 16.7. The molecule has 5 aliphatic rings. The number of phenols is 2. The second-order valence-electron chi connectivity index (χ2n) is 20.9. The number of ether oxygens (including phenoxy) is 3. The van der Waals surface area contributed by atoms with Crippen LogP contribution in [-0.2, 0) is 25.5 Å². The van der Waals surface area contributed by atoms with Crippen LogP contribution in [0, 0.1) is 36.5 Å². The highest BCUT2D eigenvalue weighted by Crippen LogP contribution is 2.50. The number of rotatable bonds is 9. The fraction of sp³-hybridized carbons (Fsp3) is 0.518. The minimum atomic E-state index is -1.91. The number of phenolic OH excluding ortho intramolecular Hbond substituents is 2. The van der Waals surface area contributed by atoms with Crippen LogP contribution in [0.4, 0.5) is 5.69 Å². The first-order chi connectivity index (χ1) is 34.6. The van der Waals surface area contributed by atoms with Gasteiger partial charge in [0.2, 0.25) is 0 Å². The SMILES string of the molecule is C/C1=C/C=C/C(C)C[C@@H](C)C(O)[C@@H](C)C(OC(=O)CN(N)/C=C(\N)CCc2ccccc2)[C@H](C)C/C=C/OC2(C)Oc3c(C)c(O)c4c(O)c(c5c(c4c3C2=O)=NC2(CCN(CC(C)C)CC2)N=5)NC1=O.CO. The minimum Gasteiger partial charge on any atom is -0.507 e.